The Hall–Kier alpha value is -3.11. The fourth-order valence-corrected chi connectivity index (χ4v) is 5.03. The number of amides is 4. The van der Waals surface area contributed by atoms with Gasteiger partial charge in [0.1, 0.15) is 12.2 Å². The first-order valence-corrected chi connectivity index (χ1v) is 18.8. The Labute approximate surface area is 301 Å². The van der Waals surface area contributed by atoms with Crippen molar-refractivity contribution in [1.82, 2.24) is 21.3 Å². The quantitative estimate of drug-likeness (QED) is 0.0275. The van der Waals surface area contributed by atoms with Crippen LogP contribution in [0.5, 0.6) is 0 Å². The van der Waals surface area contributed by atoms with Crippen molar-refractivity contribution >= 4 is 45.8 Å². The third-order valence-electron chi connectivity index (χ3n) is 5.89. The minimum atomic E-state index is -4.64. The standard InChI is InChI=1S/C27H52N4O19P2/c1-19(49-21(3)32)7-11-43-15-23(30-26(35)41-5)17-47-51(37,38)45-13-9-28-25(34)29-10-14-46-52(39,40)48-18-24(31-27(36)42-6)16-44-12-8-20(2)50-22(4)33/h19-20,23-24H,7-18H2,1-6H3,(H,30,35)(H,31,36)(H,37,38)(H,39,40)(H2,28,29,34)/t19-,20-,23-,24-/m1/s1. The van der Waals surface area contributed by atoms with Gasteiger partial charge in [-0.3, -0.25) is 27.7 Å². The van der Waals surface area contributed by atoms with E-state index in [0.29, 0.717) is 12.8 Å². The number of phosphoric ester groups is 2. The van der Waals surface area contributed by atoms with E-state index in [0.717, 1.165) is 14.2 Å². The predicted molar refractivity (Wildman–Crippen MR) is 177 cm³/mol. The van der Waals surface area contributed by atoms with Crippen molar-refractivity contribution in [3.8, 4) is 0 Å². The molecular formula is C27H52N4O19P2. The normalized spacial score (nSPS) is 15.7. The third kappa shape index (κ3) is 28.5. The van der Waals surface area contributed by atoms with Gasteiger partial charge in [-0.2, -0.15) is 0 Å². The molecule has 0 aromatic carbocycles. The van der Waals surface area contributed by atoms with Gasteiger partial charge in [-0.1, -0.05) is 0 Å². The summed E-state index contributed by atoms with van der Waals surface area (Å²) in [5.74, 6) is -0.894. The number of ether oxygens (including phenoxy) is 6. The van der Waals surface area contributed by atoms with E-state index < -0.39 is 96.5 Å². The highest BCUT2D eigenvalue weighted by molar-refractivity contribution is 7.47. The number of methoxy groups -OCH3 is 2. The van der Waals surface area contributed by atoms with E-state index in [1.165, 1.54) is 13.8 Å². The van der Waals surface area contributed by atoms with Crippen molar-refractivity contribution in [3.05, 3.63) is 0 Å². The van der Waals surface area contributed by atoms with Crippen molar-refractivity contribution in [3.63, 3.8) is 0 Å². The highest BCUT2D eigenvalue weighted by Gasteiger charge is 2.26. The van der Waals surface area contributed by atoms with Crippen LogP contribution in [-0.4, -0.2) is 144 Å². The molecule has 0 bridgehead atoms. The summed E-state index contributed by atoms with van der Waals surface area (Å²) in [5, 5.41) is 9.38. The summed E-state index contributed by atoms with van der Waals surface area (Å²) in [6, 6.07) is -2.61. The Bertz CT molecular complexity index is 1100. The first kappa shape index (κ1) is 48.9. The number of hydrogen-bond donors (Lipinski definition) is 6. The number of carbonyl (C=O) groups excluding carboxylic acids is 5. The van der Waals surface area contributed by atoms with E-state index in [1.54, 1.807) is 13.8 Å². The lowest BCUT2D eigenvalue weighted by atomic mass is 10.3. The van der Waals surface area contributed by atoms with E-state index in [4.69, 9.17) is 37.0 Å². The second kappa shape index (κ2) is 27.5. The lowest BCUT2D eigenvalue weighted by Gasteiger charge is -2.20. The molecule has 304 valence electrons. The summed E-state index contributed by atoms with van der Waals surface area (Å²) >= 11 is 0. The summed E-state index contributed by atoms with van der Waals surface area (Å²) in [7, 11) is -7.04. The van der Waals surface area contributed by atoms with Crippen LogP contribution in [-0.2, 0) is 65.2 Å². The summed E-state index contributed by atoms with van der Waals surface area (Å²) in [5.41, 5.74) is 0. The molecule has 25 heteroatoms. The molecule has 0 aromatic heterocycles. The van der Waals surface area contributed by atoms with Gasteiger partial charge in [0.25, 0.3) is 0 Å². The maximum atomic E-state index is 12.3. The van der Waals surface area contributed by atoms with E-state index in [2.05, 4.69) is 30.7 Å². The van der Waals surface area contributed by atoms with Gasteiger partial charge in [-0.05, 0) is 13.8 Å². The Morgan fingerprint density at radius 3 is 1.29 bits per heavy atom. The fourth-order valence-electron chi connectivity index (χ4n) is 3.50. The number of hydrogen-bond acceptors (Lipinski definition) is 17. The topological polar surface area (TPSA) is 300 Å². The Morgan fingerprint density at radius 1 is 0.596 bits per heavy atom. The molecule has 0 spiro atoms. The van der Waals surface area contributed by atoms with Crippen molar-refractivity contribution in [2.24, 2.45) is 0 Å². The molecule has 0 aromatic rings. The van der Waals surface area contributed by atoms with Gasteiger partial charge in [0.05, 0.1) is 79.2 Å². The van der Waals surface area contributed by atoms with Crippen LogP contribution in [0.4, 0.5) is 14.4 Å². The largest absolute Gasteiger partial charge is 0.472 e. The van der Waals surface area contributed by atoms with E-state index in [1.807, 2.05) is 0 Å². The van der Waals surface area contributed by atoms with E-state index >= 15 is 0 Å². The van der Waals surface area contributed by atoms with Gasteiger partial charge in [-0.25, -0.2) is 23.5 Å². The Kier molecular flexibility index (Phi) is 25.8. The average molecular weight is 799 g/mol. The van der Waals surface area contributed by atoms with Crippen LogP contribution in [0.15, 0.2) is 0 Å². The lowest BCUT2D eigenvalue weighted by molar-refractivity contribution is -0.147. The molecule has 4 amide bonds. The van der Waals surface area contributed by atoms with Gasteiger partial charge >= 0.3 is 45.8 Å². The molecular weight excluding hydrogens is 746 g/mol. The van der Waals surface area contributed by atoms with Gasteiger partial charge in [0, 0.05) is 39.8 Å². The zero-order valence-corrected chi connectivity index (χ0v) is 31.8. The Morgan fingerprint density at radius 2 is 0.962 bits per heavy atom. The van der Waals surface area contributed by atoms with Crippen molar-refractivity contribution in [2.75, 3.05) is 80.2 Å². The van der Waals surface area contributed by atoms with E-state index in [-0.39, 0.29) is 39.5 Å². The number of carbonyl (C=O) groups is 5. The molecule has 0 fully saturated rings. The summed E-state index contributed by atoms with van der Waals surface area (Å²) in [6.45, 7) is 3.41. The monoisotopic (exact) mass is 798 g/mol. The second-order valence-electron chi connectivity index (χ2n) is 10.6. The second-order valence-corrected chi connectivity index (χ2v) is 13.5. The number of urea groups is 1. The van der Waals surface area contributed by atoms with Crippen LogP contribution in [0.1, 0.15) is 40.5 Å². The molecule has 0 aliphatic heterocycles. The number of rotatable bonds is 28. The zero-order valence-electron chi connectivity index (χ0n) is 30.0. The number of esters is 2. The van der Waals surface area contributed by atoms with Gasteiger partial charge < -0.3 is 59.5 Å². The van der Waals surface area contributed by atoms with E-state index in [9.17, 15) is 42.9 Å². The minimum Gasteiger partial charge on any atom is -0.463 e. The highest BCUT2D eigenvalue weighted by Crippen LogP contribution is 2.43. The average Bonchev–Trinajstić information content (AvgIpc) is 3.05. The molecule has 0 rings (SSSR count). The lowest BCUT2D eigenvalue weighted by Crippen LogP contribution is -2.41. The van der Waals surface area contributed by atoms with Crippen LogP contribution in [0.2, 0.25) is 0 Å². The molecule has 0 saturated carbocycles. The maximum absolute atomic E-state index is 12.3. The minimum absolute atomic E-state index is 0.142. The summed E-state index contributed by atoms with van der Waals surface area (Å²) < 4.78 is 73.7. The third-order valence-corrected chi connectivity index (χ3v) is 7.85. The van der Waals surface area contributed by atoms with Crippen LogP contribution in [0.3, 0.4) is 0 Å². The molecule has 0 heterocycles. The molecule has 6 N–H and O–H groups in total. The highest BCUT2D eigenvalue weighted by atomic mass is 31.2. The summed E-state index contributed by atoms with van der Waals surface area (Å²) in [6.07, 6.45) is -1.81. The van der Waals surface area contributed by atoms with Crippen LogP contribution in [0.25, 0.3) is 0 Å². The molecule has 0 saturated heterocycles. The number of nitrogens with one attached hydrogen (secondary N) is 4. The number of alkyl carbamates (subject to hydrolysis) is 2. The van der Waals surface area contributed by atoms with Crippen molar-refractivity contribution in [2.45, 2.75) is 64.8 Å². The van der Waals surface area contributed by atoms with Crippen molar-refractivity contribution in [1.29, 1.82) is 0 Å². The van der Waals surface area contributed by atoms with Gasteiger partial charge in [-0.15, -0.1) is 0 Å². The summed E-state index contributed by atoms with van der Waals surface area (Å²) in [4.78, 5) is 77.1. The fraction of sp³-hybridized carbons (Fsp3) is 0.815. The van der Waals surface area contributed by atoms with Gasteiger partial charge in [0.2, 0.25) is 0 Å². The number of phosphoric acid groups is 2. The van der Waals surface area contributed by atoms with Crippen LogP contribution >= 0.6 is 15.6 Å². The molecule has 52 heavy (non-hydrogen) atoms. The smallest absolute Gasteiger partial charge is 0.463 e. The molecule has 23 nitrogen and oxygen atoms in total. The molecule has 0 radical (unpaired) electrons. The zero-order chi connectivity index (χ0) is 39.6. The van der Waals surface area contributed by atoms with Gasteiger partial charge in [0.15, 0.2) is 0 Å². The maximum Gasteiger partial charge on any atom is 0.472 e. The molecule has 2 unspecified atom stereocenters. The molecule has 0 aliphatic rings. The van der Waals surface area contributed by atoms with Crippen molar-refractivity contribution < 1.29 is 89.4 Å². The van der Waals surface area contributed by atoms with Crippen LogP contribution < -0.4 is 21.3 Å². The first-order valence-electron chi connectivity index (χ1n) is 15.8. The molecule has 0 aliphatic carbocycles. The Balaban J connectivity index is 4.46. The predicted octanol–water partition coefficient (Wildman–Crippen LogP) is 0.719. The van der Waals surface area contributed by atoms with Crippen LogP contribution in [0, 0.1) is 0 Å². The first-order chi connectivity index (χ1) is 24.4. The molecule has 6 atom stereocenters. The SMILES string of the molecule is COC(=O)N[C@H](COCC[C@@H](C)OC(C)=O)COP(=O)(O)OCCNC(=O)NCCOP(=O)(O)OC[C@@H](COCC[C@@H](C)OC(C)=O)NC(=O)OC.